The average molecular weight is 306 g/mol. The first-order valence-electron chi connectivity index (χ1n) is 9.01. The summed E-state index contributed by atoms with van der Waals surface area (Å²) in [6.07, 6.45) is 7.72. The zero-order chi connectivity index (χ0) is 15.8. The van der Waals surface area contributed by atoms with E-state index < -0.39 is 6.17 Å². The van der Waals surface area contributed by atoms with Gasteiger partial charge in [0.2, 0.25) is 0 Å². The molecule has 0 radical (unpaired) electrons. The lowest BCUT2D eigenvalue weighted by Crippen LogP contribution is -2.24. The highest BCUT2D eigenvalue weighted by Gasteiger charge is 2.26. The third kappa shape index (κ3) is 5.62. The van der Waals surface area contributed by atoms with Gasteiger partial charge in [-0.1, -0.05) is 57.7 Å². The van der Waals surface area contributed by atoms with Crippen molar-refractivity contribution in [1.82, 2.24) is 0 Å². The molecule has 0 saturated heterocycles. The molecule has 1 fully saturated rings. The largest absolute Gasteiger partial charge is 0.491 e. The second-order valence-corrected chi connectivity index (χ2v) is 7.00. The van der Waals surface area contributed by atoms with E-state index in [9.17, 15) is 4.39 Å². The molecule has 0 bridgehead atoms. The third-order valence-corrected chi connectivity index (χ3v) is 5.19. The van der Waals surface area contributed by atoms with Crippen LogP contribution in [-0.2, 0) is 0 Å². The molecule has 1 aliphatic carbocycles. The van der Waals surface area contributed by atoms with E-state index in [-0.39, 0.29) is 6.61 Å². The van der Waals surface area contributed by atoms with Crippen molar-refractivity contribution in [3.8, 4) is 5.75 Å². The summed E-state index contributed by atoms with van der Waals surface area (Å²) in [6, 6.07) is 9.53. The van der Waals surface area contributed by atoms with Crippen LogP contribution in [0.15, 0.2) is 30.3 Å². The van der Waals surface area contributed by atoms with E-state index in [1.165, 1.54) is 38.5 Å². The molecule has 0 spiro atoms. The van der Waals surface area contributed by atoms with Crippen molar-refractivity contribution < 1.29 is 9.13 Å². The van der Waals surface area contributed by atoms with Crippen molar-refractivity contribution in [2.45, 2.75) is 65.0 Å². The van der Waals surface area contributed by atoms with E-state index in [0.29, 0.717) is 18.3 Å². The molecule has 1 saturated carbocycles. The molecule has 0 N–H and O–H groups in total. The first-order chi connectivity index (χ1) is 10.7. The molecule has 1 aliphatic rings. The van der Waals surface area contributed by atoms with Gasteiger partial charge >= 0.3 is 0 Å². The van der Waals surface area contributed by atoms with Crippen LogP contribution in [0.3, 0.4) is 0 Å². The third-order valence-electron chi connectivity index (χ3n) is 5.19. The lowest BCUT2D eigenvalue weighted by atomic mass is 9.74. The van der Waals surface area contributed by atoms with Crippen molar-refractivity contribution in [1.29, 1.82) is 0 Å². The Balaban J connectivity index is 1.67. The molecule has 124 valence electrons. The van der Waals surface area contributed by atoms with E-state index in [1.807, 2.05) is 30.3 Å². The van der Waals surface area contributed by atoms with Crippen LogP contribution in [0.1, 0.15) is 58.8 Å². The Bertz CT molecular complexity index is 397. The van der Waals surface area contributed by atoms with Gasteiger partial charge in [0.1, 0.15) is 18.5 Å². The quantitative estimate of drug-likeness (QED) is 0.569. The van der Waals surface area contributed by atoms with Gasteiger partial charge in [-0.2, -0.15) is 0 Å². The predicted molar refractivity (Wildman–Crippen MR) is 91.0 cm³/mol. The molecule has 2 atom stereocenters. The highest BCUT2D eigenvalue weighted by Crippen LogP contribution is 2.37. The van der Waals surface area contributed by atoms with Crippen molar-refractivity contribution in [2.75, 3.05) is 6.61 Å². The van der Waals surface area contributed by atoms with Crippen LogP contribution in [0.5, 0.6) is 5.75 Å². The normalized spacial score (nSPS) is 24.7. The number of halogens is 1. The molecular weight excluding hydrogens is 275 g/mol. The number of hydrogen-bond acceptors (Lipinski definition) is 1. The Morgan fingerprint density at radius 3 is 2.45 bits per heavy atom. The summed E-state index contributed by atoms with van der Waals surface area (Å²) < 4.78 is 19.7. The molecule has 0 heterocycles. The molecule has 0 aliphatic heterocycles. The summed E-state index contributed by atoms with van der Waals surface area (Å²) >= 11 is 0. The summed E-state index contributed by atoms with van der Waals surface area (Å²) in [7, 11) is 0. The molecule has 0 amide bonds. The minimum Gasteiger partial charge on any atom is -0.491 e. The van der Waals surface area contributed by atoms with Gasteiger partial charge in [-0.05, 0) is 49.1 Å². The van der Waals surface area contributed by atoms with Crippen LogP contribution in [0.25, 0.3) is 0 Å². The number of benzene rings is 1. The Morgan fingerprint density at radius 1 is 1.14 bits per heavy atom. The van der Waals surface area contributed by atoms with Crippen LogP contribution in [0.2, 0.25) is 0 Å². The van der Waals surface area contributed by atoms with E-state index in [1.54, 1.807) is 0 Å². The Hall–Kier alpha value is -1.05. The molecule has 0 aromatic heterocycles. The van der Waals surface area contributed by atoms with Crippen molar-refractivity contribution in [3.05, 3.63) is 30.3 Å². The average Bonchev–Trinajstić information content (AvgIpc) is 2.55. The maximum Gasteiger partial charge on any atom is 0.134 e. The highest BCUT2D eigenvalue weighted by molar-refractivity contribution is 5.20. The van der Waals surface area contributed by atoms with Crippen LogP contribution in [0.4, 0.5) is 4.39 Å². The van der Waals surface area contributed by atoms with E-state index >= 15 is 0 Å². The minimum atomic E-state index is -0.858. The van der Waals surface area contributed by atoms with Crippen LogP contribution >= 0.6 is 0 Å². The van der Waals surface area contributed by atoms with Crippen molar-refractivity contribution >= 4 is 0 Å². The lowest BCUT2D eigenvalue weighted by molar-refractivity contribution is 0.133. The maximum atomic E-state index is 14.2. The molecular formula is C20H31FO. The van der Waals surface area contributed by atoms with E-state index in [2.05, 4.69) is 13.8 Å². The summed E-state index contributed by atoms with van der Waals surface area (Å²) in [5.74, 6) is 2.87. The van der Waals surface area contributed by atoms with Crippen LogP contribution in [0, 0.1) is 17.8 Å². The SMILES string of the molecule is CCCC1CCC(C(C)CC(F)COc2ccccc2)CC1. The number of ether oxygens (including phenoxy) is 1. The fourth-order valence-electron chi connectivity index (χ4n) is 3.82. The summed E-state index contributed by atoms with van der Waals surface area (Å²) in [5.41, 5.74) is 0. The fourth-order valence-corrected chi connectivity index (χ4v) is 3.82. The molecule has 1 aromatic rings. The number of para-hydroxylation sites is 1. The maximum absolute atomic E-state index is 14.2. The first-order valence-corrected chi connectivity index (χ1v) is 9.01. The first kappa shape index (κ1) is 17.3. The minimum absolute atomic E-state index is 0.180. The molecule has 2 heteroatoms. The number of hydrogen-bond donors (Lipinski definition) is 0. The topological polar surface area (TPSA) is 9.23 Å². The van der Waals surface area contributed by atoms with E-state index in [0.717, 1.165) is 11.7 Å². The number of rotatable bonds is 8. The standard InChI is InChI=1S/C20H31FO/c1-3-7-17-10-12-18(13-11-17)16(2)14-19(21)15-22-20-8-5-4-6-9-20/h4-6,8-9,16-19H,3,7,10-15H2,1-2H3. The second kappa shape index (κ2) is 9.17. The second-order valence-electron chi connectivity index (χ2n) is 7.00. The summed E-state index contributed by atoms with van der Waals surface area (Å²) in [4.78, 5) is 0. The van der Waals surface area contributed by atoms with Gasteiger partial charge in [-0.3, -0.25) is 0 Å². The van der Waals surface area contributed by atoms with Gasteiger partial charge < -0.3 is 4.74 Å². The van der Waals surface area contributed by atoms with Gasteiger partial charge in [0.25, 0.3) is 0 Å². The molecule has 22 heavy (non-hydrogen) atoms. The van der Waals surface area contributed by atoms with Crippen LogP contribution in [-0.4, -0.2) is 12.8 Å². The zero-order valence-electron chi connectivity index (χ0n) is 14.1. The summed E-state index contributed by atoms with van der Waals surface area (Å²) in [5, 5.41) is 0. The van der Waals surface area contributed by atoms with Gasteiger partial charge in [0.05, 0.1) is 0 Å². The van der Waals surface area contributed by atoms with Gasteiger partial charge in [-0.25, -0.2) is 4.39 Å². The monoisotopic (exact) mass is 306 g/mol. The highest BCUT2D eigenvalue weighted by atomic mass is 19.1. The Labute approximate surface area is 135 Å². The smallest absolute Gasteiger partial charge is 0.134 e. The summed E-state index contributed by atoms with van der Waals surface area (Å²) in [6.45, 7) is 4.68. The molecule has 1 nitrogen and oxygen atoms in total. The van der Waals surface area contributed by atoms with Gasteiger partial charge in [-0.15, -0.1) is 0 Å². The molecule has 2 rings (SSSR count). The van der Waals surface area contributed by atoms with E-state index in [4.69, 9.17) is 4.74 Å². The zero-order valence-corrected chi connectivity index (χ0v) is 14.1. The Kier molecular flexibility index (Phi) is 7.21. The predicted octanol–water partition coefficient (Wildman–Crippen LogP) is 6.04. The van der Waals surface area contributed by atoms with Gasteiger partial charge in [0, 0.05) is 0 Å². The van der Waals surface area contributed by atoms with Crippen LogP contribution < -0.4 is 4.74 Å². The molecule has 1 aromatic carbocycles. The Morgan fingerprint density at radius 2 is 1.82 bits per heavy atom. The van der Waals surface area contributed by atoms with Crippen molar-refractivity contribution in [2.24, 2.45) is 17.8 Å². The van der Waals surface area contributed by atoms with Crippen molar-refractivity contribution in [3.63, 3.8) is 0 Å². The lowest BCUT2D eigenvalue weighted by Gasteiger charge is -2.32. The molecule has 2 unspecified atom stereocenters. The number of alkyl halides is 1. The van der Waals surface area contributed by atoms with Gasteiger partial charge in [0.15, 0.2) is 0 Å². The fraction of sp³-hybridized carbons (Fsp3) is 0.700.